The highest BCUT2D eigenvalue weighted by molar-refractivity contribution is 5.81. The Bertz CT molecular complexity index is 353. The molecular formula is C12H17N3O. The van der Waals surface area contributed by atoms with Gasteiger partial charge < -0.3 is 5.73 Å². The Morgan fingerprint density at radius 3 is 2.69 bits per heavy atom. The van der Waals surface area contributed by atoms with Crippen LogP contribution in [-0.4, -0.2) is 12.5 Å². The Morgan fingerprint density at radius 2 is 2.00 bits per heavy atom. The standard InChI is InChI=1S/C12H17N3O/c13-8-4-7-10-11(14-15-12(10)16)9-5-2-1-3-6-9/h1-3,5-6,10-11,14H,4,7-8,13H2,(H,15,16). The fraction of sp³-hybridized carbons (Fsp3) is 0.417. The third-order valence-electron chi connectivity index (χ3n) is 2.97. The molecule has 4 N–H and O–H groups in total. The van der Waals surface area contributed by atoms with Gasteiger partial charge in [-0.05, 0) is 24.9 Å². The summed E-state index contributed by atoms with van der Waals surface area (Å²) in [6.45, 7) is 0.630. The zero-order chi connectivity index (χ0) is 11.4. The van der Waals surface area contributed by atoms with Crippen molar-refractivity contribution in [1.29, 1.82) is 0 Å². The molecule has 0 aliphatic carbocycles. The van der Waals surface area contributed by atoms with Gasteiger partial charge in [-0.3, -0.25) is 10.2 Å². The molecule has 2 rings (SSSR count). The van der Waals surface area contributed by atoms with E-state index in [1.54, 1.807) is 0 Å². The SMILES string of the molecule is NCCCC1C(=O)NNC1c1ccccc1. The maximum absolute atomic E-state index is 11.6. The normalized spacial score (nSPS) is 24.4. The molecule has 1 amide bonds. The van der Waals surface area contributed by atoms with Crippen LogP contribution in [0.4, 0.5) is 0 Å². The largest absolute Gasteiger partial charge is 0.330 e. The van der Waals surface area contributed by atoms with Crippen LogP contribution in [0.2, 0.25) is 0 Å². The van der Waals surface area contributed by atoms with Crippen LogP contribution in [0.5, 0.6) is 0 Å². The van der Waals surface area contributed by atoms with Crippen molar-refractivity contribution in [2.75, 3.05) is 6.54 Å². The van der Waals surface area contributed by atoms with E-state index >= 15 is 0 Å². The van der Waals surface area contributed by atoms with Crippen molar-refractivity contribution in [3.8, 4) is 0 Å². The van der Waals surface area contributed by atoms with Gasteiger partial charge in [-0.2, -0.15) is 0 Å². The Morgan fingerprint density at radius 1 is 1.25 bits per heavy atom. The Labute approximate surface area is 95.2 Å². The van der Waals surface area contributed by atoms with Crippen LogP contribution < -0.4 is 16.6 Å². The summed E-state index contributed by atoms with van der Waals surface area (Å²) in [5.74, 6) is 0.0632. The lowest BCUT2D eigenvalue weighted by atomic mass is 9.90. The summed E-state index contributed by atoms with van der Waals surface area (Å²) in [6.07, 6.45) is 1.71. The summed E-state index contributed by atoms with van der Waals surface area (Å²) in [5.41, 5.74) is 12.4. The van der Waals surface area contributed by atoms with Crippen molar-refractivity contribution in [2.45, 2.75) is 18.9 Å². The number of hydrogen-bond acceptors (Lipinski definition) is 3. The molecule has 86 valence electrons. The van der Waals surface area contributed by atoms with Gasteiger partial charge >= 0.3 is 0 Å². The van der Waals surface area contributed by atoms with Crippen molar-refractivity contribution >= 4 is 5.91 Å². The van der Waals surface area contributed by atoms with E-state index in [-0.39, 0.29) is 17.9 Å². The zero-order valence-corrected chi connectivity index (χ0v) is 9.15. The number of nitrogens with one attached hydrogen (secondary N) is 2. The minimum absolute atomic E-state index is 0.00838. The molecule has 2 unspecified atom stereocenters. The first-order chi connectivity index (χ1) is 7.83. The summed E-state index contributed by atoms with van der Waals surface area (Å²) >= 11 is 0. The fourth-order valence-corrected chi connectivity index (χ4v) is 2.11. The molecule has 4 nitrogen and oxygen atoms in total. The zero-order valence-electron chi connectivity index (χ0n) is 9.15. The molecule has 16 heavy (non-hydrogen) atoms. The molecule has 1 saturated heterocycles. The molecular weight excluding hydrogens is 202 g/mol. The first kappa shape index (κ1) is 11.1. The summed E-state index contributed by atoms with van der Waals surface area (Å²) in [6, 6.07) is 10.1. The number of rotatable bonds is 4. The van der Waals surface area contributed by atoms with Crippen LogP contribution in [-0.2, 0) is 4.79 Å². The van der Waals surface area contributed by atoms with E-state index in [9.17, 15) is 4.79 Å². The third-order valence-corrected chi connectivity index (χ3v) is 2.97. The van der Waals surface area contributed by atoms with E-state index in [1.807, 2.05) is 30.3 Å². The molecule has 1 heterocycles. The predicted octanol–water partition coefficient (Wildman–Crippen LogP) is 0.717. The van der Waals surface area contributed by atoms with Crippen LogP contribution in [0.1, 0.15) is 24.4 Å². The van der Waals surface area contributed by atoms with Crippen molar-refractivity contribution in [1.82, 2.24) is 10.9 Å². The molecule has 0 spiro atoms. The molecule has 1 aromatic carbocycles. The maximum atomic E-state index is 11.6. The van der Waals surface area contributed by atoms with Gasteiger partial charge in [0, 0.05) is 0 Å². The molecule has 0 bridgehead atoms. The van der Waals surface area contributed by atoms with E-state index in [0.717, 1.165) is 18.4 Å². The highest BCUT2D eigenvalue weighted by atomic mass is 16.2. The number of amides is 1. The monoisotopic (exact) mass is 219 g/mol. The van der Waals surface area contributed by atoms with Gasteiger partial charge in [0.1, 0.15) is 0 Å². The number of hydrogen-bond donors (Lipinski definition) is 3. The van der Waals surface area contributed by atoms with Crippen molar-refractivity contribution in [2.24, 2.45) is 11.7 Å². The fourth-order valence-electron chi connectivity index (χ4n) is 2.11. The number of carbonyl (C=O) groups is 1. The van der Waals surface area contributed by atoms with Crippen LogP contribution >= 0.6 is 0 Å². The van der Waals surface area contributed by atoms with Crippen molar-refractivity contribution in [3.63, 3.8) is 0 Å². The molecule has 1 aromatic rings. The highest BCUT2D eigenvalue weighted by Gasteiger charge is 2.34. The molecule has 0 aromatic heterocycles. The maximum Gasteiger partial charge on any atom is 0.239 e. The summed E-state index contributed by atoms with van der Waals surface area (Å²) < 4.78 is 0. The third kappa shape index (κ3) is 2.23. The van der Waals surface area contributed by atoms with Crippen molar-refractivity contribution in [3.05, 3.63) is 35.9 Å². The van der Waals surface area contributed by atoms with E-state index < -0.39 is 0 Å². The Kier molecular flexibility index (Phi) is 3.54. The second-order valence-electron chi connectivity index (χ2n) is 4.06. The minimum atomic E-state index is -0.00838. The molecule has 1 fully saturated rings. The molecule has 1 aliphatic rings. The van der Waals surface area contributed by atoms with Gasteiger partial charge in [0.25, 0.3) is 0 Å². The van der Waals surface area contributed by atoms with Crippen LogP contribution in [0.3, 0.4) is 0 Å². The molecule has 4 heteroatoms. The second-order valence-corrected chi connectivity index (χ2v) is 4.06. The predicted molar refractivity (Wildman–Crippen MR) is 62.2 cm³/mol. The van der Waals surface area contributed by atoms with Gasteiger partial charge in [-0.25, -0.2) is 5.43 Å². The van der Waals surface area contributed by atoms with E-state index in [2.05, 4.69) is 10.9 Å². The number of benzene rings is 1. The first-order valence-electron chi connectivity index (χ1n) is 5.63. The smallest absolute Gasteiger partial charge is 0.239 e. The van der Waals surface area contributed by atoms with Gasteiger partial charge in [0.05, 0.1) is 12.0 Å². The quantitative estimate of drug-likeness (QED) is 0.699. The Balaban J connectivity index is 2.11. The Hall–Kier alpha value is -1.39. The number of carbonyl (C=O) groups excluding carboxylic acids is 1. The van der Waals surface area contributed by atoms with Crippen molar-refractivity contribution < 1.29 is 4.79 Å². The van der Waals surface area contributed by atoms with Gasteiger partial charge in [0.2, 0.25) is 5.91 Å². The topological polar surface area (TPSA) is 67.2 Å². The molecule has 0 radical (unpaired) electrons. The lowest BCUT2D eigenvalue weighted by Gasteiger charge is -2.16. The van der Waals surface area contributed by atoms with Gasteiger partial charge in [-0.15, -0.1) is 0 Å². The van der Waals surface area contributed by atoms with Crippen LogP contribution in [0.25, 0.3) is 0 Å². The lowest BCUT2D eigenvalue weighted by molar-refractivity contribution is -0.123. The number of hydrazine groups is 1. The minimum Gasteiger partial charge on any atom is -0.330 e. The van der Waals surface area contributed by atoms with Gasteiger partial charge in [-0.1, -0.05) is 30.3 Å². The second kappa shape index (κ2) is 5.09. The summed E-state index contributed by atoms with van der Waals surface area (Å²) in [5, 5.41) is 0. The summed E-state index contributed by atoms with van der Waals surface area (Å²) in [4.78, 5) is 11.6. The first-order valence-corrected chi connectivity index (χ1v) is 5.63. The highest BCUT2D eigenvalue weighted by Crippen LogP contribution is 2.28. The average Bonchev–Trinajstić information content (AvgIpc) is 2.69. The lowest BCUT2D eigenvalue weighted by Crippen LogP contribution is -2.27. The van der Waals surface area contributed by atoms with E-state index in [4.69, 9.17) is 5.73 Å². The summed E-state index contributed by atoms with van der Waals surface area (Å²) in [7, 11) is 0. The molecule has 1 aliphatic heterocycles. The molecule has 2 atom stereocenters. The van der Waals surface area contributed by atoms with Gasteiger partial charge in [0.15, 0.2) is 0 Å². The van der Waals surface area contributed by atoms with Crippen LogP contribution in [0.15, 0.2) is 30.3 Å². The molecule has 0 saturated carbocycles. The van der Waals surface area contributed by atoms with E-state index in [0.29, 0.717) is 6.54 Å². The number of nitrogens with two attached hydrogens (primary N) is 1. The van der Waals surface area contributed by atoms with Crippen LogP contribution in [0, 0.1) is 5.92 Å². The van der Waals surface area contributed by atoms with E-state index in [1.165, 1.54) is 0 Å². The average molecular weight is 219 g/mol.